The van der Waals surface area contributed by atoms with E-state index in [-0.39, 0.29) is 11.7 Å². The smallest absolute Gasteiger partial charge is 0.293 e. The zero-order valence-corrected chi connectivity index (χ0v) is 17.1. The summed E-state index contributed by atoms with van der Waals surface area (Å²) in [5.74, 6) is 0.351. The molecule has 7 heteroatoms. The number of hydrogen-bond acceptors (Lipinski definition) is 5. The number of ether oxygens (including phenoxy) is 2. The predicted molar refractivity (Wildman–Crippen MR) is 112 cm³/mol. The molecule has 0 unspecified atom stereocenters. The van der Waals surface area contributed by atoms with E-state index in [2.05, 4.69) is 10.6 Å². The van der Waals surface area contributed by atoms with Crippen LogP contribution >= 0.6 is 0 Å². The number of benzene rings is 2. The molecule has 1 aromatic heterocycles. The van der Waals surface area contributed by atoms with Gasteiger partial charge in [0.05, 0.1) is 14.2 Å². The van der Waals surface area contributed by atoms with Crippen molar-refractivity contribution in [2.45, 2.75) is 20.8 Å². The highest BCUT2D eigenvalue weighted by molar-refractivity contribution is 6.15. The monoisotopic (exact) mass is 396 g/mol. The van der Waals surface area contributed by atoms with Crippen LogP contribution in [-0.2, 0) is 4.79 Å². The molecule has 29 heavy (non-hydrogen) atoms. The highest BCUT2D eigenvalue weighted by atomic mass is 16.5. The molecule has 2 amide bonds. The first-order chi connectivity index (χ1) is 13.7. The summed E-state index contributed by atoms with van der Waals surface area (Å²) in [6.07, 6.45) is 0. The maximum atomic E-state index is 13.0. The number of hydrogen-bond donors (Lipinski definition) is 2. The molecule has 0 bridgehead atoms. The van der Waals surface area contributed by atoms with Crippen LogP contribution in [0.3, 0.4) is 0 Å². The molecule has 152 valence electrons. The summed E-state index contributed by atoms with van der Waals surface area (Å²) in [6, 6.07) is 12.2. The van der Waals surface area contributed by atoms with Gasteiger partial charge in [-0.2, -0.15) is 0 Å². The number of carbonyl (C=O) groups is 2. The molecule has 2 N–H and O–H groups in total. The summed E-state index contributed by atoms with van der Waals surface area (Å²) in [5.41, 5.74) is 0.726. The second-order valence-corrected chi connectivity index (χ2v) is 7.53. The van der Waals surface area contributed by atoms with Crippen LogP contribution in [0.25, 0.3) is 11.0 Å². The van der Waals surface area contributed by atoms with Crippen LogP contribution in [0.15, 0.2) is 46.9 Å². The van der Waals surface area contributed by atoms with Crippen LogP contribution in [0.4, 0.5) is 11.4 Å². The molecular weight excluding hydrogens is 372 g/mol. The second-order valence-electron chi connectivity index (χ2n) is 7.53. The van der Waals surface area contributed by atoms with Crippen LogP contribution in [0.2, 0.25) is 0 Å². The summed E-state index contributed by atoms with van der Waals surface area (Å²) >= 11 is 0. The number of carbonyl (C=O) groups excluding carboxylic acids is 2. The third kappa shape index (κ3) is 4.18. The first kappa shape index (κ1) is 20.3. The van der Waals surface area contributed by atoms with Gasteiger partial charge < -0.3 is 24.5 Å². The highest BCUT2D eigenvalue weighted by Crippen LogP contribution is 2.34. The van der Waals surface area contributed by atoms with Crippen molar-refractivity contribution in [1.82, 2.24) is 0 Å². The summed E-state index contributed by atoms with van der Waals surface area (Å²) < 4.78 is 16.2. The van der Waals surface area contributed by atoms with E-state index in [1.807, 2.05) is 6.07 Å². The lowest BCUT2D eigenvalue weighted by Gasteiger charge is -2.17. The first-order valence-electron chi connectivity index (χ1n) is 9.11. The molecule has 1 heterocycles. The van der Waals surface area contributed by atoms with Crippen molar-refractivity contribution in [2.75, 3.05) is 24.9 Å². The van der Waals surface area contributed by atoms with Gasteiger partial charge in [-0.05, 0) is 24.3 Å². The fourth-order valence-electron chi connectivity index (χ4n) is 2.73. The van der Waals surface area contributed by atoms with E-state index in [9.17, 15) is 9.59 Å². The van der Waals surface area contributed by atoms with Gasteiger partial charge in [0.2, 0.25) is 11.7 Å². The van der Waals surface area contributed by atoms with Crippen LogP contribution in [0, 0.1) is 5.41 Å². The molecule has 0 saturated carbocycles. The Balaban J connectivity index is 1.97. The predicted octanol–water partition coefficient (Wildman–Crippen LogP) is 4.69. The van der Waals surface area contributed by atoms with Crippen LogP contribution in [0.5, 0.6) is 11.5 Å². The van der Waals surface area contributed by atoms with Gasteiger partial charge in [-0.15, -0.1) is 0 Å². The molecule has 0 aliphatic heterocycles. The molecule has 3 rings (SSSR count). The Morgan fingerprint density at radius 3 is 2.28 bits per heavy atom. The Hall–Kier alpha value is -3.48. The highest BCUT2D eigenvalue weighted by Gasteiger charge is 2.27. The summed E-state index contributed by atoms with van der Waals surface area (Å²) in [5, 5.41) is 6.28. The minimum Gasteiger partial charge on any atom is -0.493 e. The lowest BCUT2D eigenvalue weighted by atomic mass is 9.95. The van der Waals surface area contributed by atoms with Crippen molar-refractivity contribution in [2.24, 2.45) is 5.41 Å². The number of nitrogens with one attached hydrogen (secondary N) is 2. The number of methoxy groups -OCH3 is 2. The van der Waals surface area contributed by atoms with Crippen LogP contribution in [0.1, 0.15) is 31.3 Å². The minimum absolute atomic E-state index is 0.0265. The number of rotatable bonds is 5. The van der Waals surface area contributed by atoms with Gasteiger partial charge in [0.25, 0.3) is 5.91 Å². The minimum atomic E-state index is -0.629. The largest absolute Gasteiger partial charge is 0.493 e. The Bertz CT molecular complexity index is 1060. The van der Waals surface area contributed by atoms with Crippen molar-refractivity contribution >= 4 is 34.2 Å². The molecule has 0 spiro atoms. The molecule has 2 aromatic carbocycles. The van der Waals surface area contributed by atoms with Crippen molar-refractivity contribution in [3.8, 4) is 11.5 Å². The third-order valence-corrected chi connectivity index (χ3v) is 4.36. The molecule has 0 atom stereocenters. The van der Waals surface area contributed by atoms with E-state index in [4.69, 9.17) is 13.9 Å². The van der Waals surface area contributed by atoms with Gasteiger partial charge in [0, 0.05) is 22.6 Å². The van der Waals surface area contributed by atoms with Gasteiger partial charge in [-0.3, -0.25) is 9.59 Å². The van der Waals surface area contributed by atoms with E-state index in [1.54, 1.807) is 57.2 Å². The quantitative estimate of drug-likeness (QED) is 0.653. The number of amides is 2. The van der Waals surface area contributed by atoms with Crippen molar-refractivity contribution in [1.29, 1.82) is 0 Å². The second kappa shape index (κ2) is 7.87. The Labute approximate surface area is 169 Å². The van der Waals surface area contributed by atoms with E-state index >= 15 is 0 Å². The van der Waals surface area contributed by atoms with Gasteiger partial charge in [0.1, 0.15) is 11.3 Å². The molecule has 3 aromatic rings. The lowest BCUT2D eigenvalue weighted by Crippen LogP contribution is -2.28. The van der Waals surface area contributed by atoms with Crippen molar-refractivity contribution in [3.63, 3.8) is 0 Å². The van der Waals surface area contributed by atoms with E-state index < -0.39 is 11.3 Å². The van der Waals surface area contributed by atoms with Gasteiger partial charge >= 0.3 is 0 Å². The standard InChI is InChI=1S/C22H24N2O5/c1-22(2,3)21(26)24-18-14-8-6-7-9-15(14)29-19(18)20(25)23-13-10-11-16(27-4)17(12-13)28-5/h6-12H,1-5H3,(H,23,25)(H,24,26). The molecule has 0 radical (unpaired) electrons. The van der Waals surface area contributed by atoms with Crippen molar-refractivity contribution in [3.05, 3.63) is 48.2 Å². The number of fused-ring (bicyclic) bond motifs is 1. The van der Waals surface area contributed by atoms with E-state index in [0.29, 0.717) is 33.8 Å². The average Bonchev–Trinajstić information content (AvgIpc) is 3.06. The summed E-state index contributed by atoms with van der Waals surface area (Å²) in [4.78, 5) is 25.5. The number of para-hydroxylation sites is 1. The zero-order chi connectivity index (χ0) is 21.2. The van der Waals surface area contributed by atoms with Gasteiger partial charge in [-0.1, -0.05) is 32.9 Å². The SMILES string of the molecule is COc1ccc(NC(=O)c2oc3ccccc3c2NC(=O)C(C)(C)C)cc1OC. The Kier molecular flexibility index (Phi) is 5.50. The molecule has 0 aliphatic carbocycles. The maximum absolute atomic E-state index is 13.0. The van der Waals surface area contributed by atoms with Gasteiger partial charge in [0.15, 0.2) is 11.5 Å². The Morgan fingerprint density at radius 1 is 0.931 bits per heavy atom. The topological polar surface area (TPSA) is 89.8 Å². The molecule has 0 aliphatic rings. The summed E-state index contributed by atoms with van der Waals surface area (Å²) in [6.45, 7) is 5.40. The van der Waals surface area contributed by atoms with E-state index in [0.717, 1.165) is 0 Å². The van der Waals surface area contributed by atoms with E-state index in [1.165, 1.54) is 14.2 Å². The third-order valence-electron chi connectivity index (χ3n) is 4.36. The first-order valence-corrected chi connectivity index (χ1v) is 9.11. The Morgan fingerprint density at radius 2 is 1.62 bits per heavy atom. The number of furan rings is 1. The zero-order valence-electron chi connectivity index (χ0n) is 17.1. The maximum Gasteiger partial charge on any atom is 0.293 e. The van der Waals surface area contributed by atoms with Crippen LogP contribution < -0.4 is 20.1 Å². The fourth-order valence-corrected chi connectivity index (χ4v) is 2.73. The normalized spacial score (nSPS) is 11.2. The lowest BCUT2D eigenvalue weighted by molar-refractivity contribution is -0.123. The van der Waals surface area contributed by atoms with Gasteiger partial charge in [-0.25, -0.2) is 0 Å². The molecule has 7 nitrogen and oxygen atoms in total. The molecular formula is C22H24N2O5. The summed E-state index contributed by atoms with van der Waals surface area (Å²) in [7, 11) is 3.05. The average molecular weight is 396 g/mol. The number of anilines is 2. The van der Waals surface area contributed by atoms with Crippen molar-refractivity contribution < 1.29 is 23.5 Å². The molecule has 0 fully saturated rings. The fraction of sp³-hybridized carbons (Fsp3) is 0.273. The molecule has 0 saturated heterocycles. The van der Waals surface area contributed by atoms with Crippen LogP contribution in [-0.4, -0.2) is 26.0 Å².